The third-order valence-corrected chi connectivity index (χ3v) is 3.69. The molecule has 2 aromatic carbocycles. The maximum atomic E-state index is 11.4. The summed E-state index contributed by atoms with van der Waals surface area (Å²) in [6.45, 7) is 3.04. The number of esters is 1. The van der Waals surface area contributed by atoms with E-state index in [2.05, 4.69) is 53.2 Å². The van der Waals surface area contributed by atoms with Crippen LogP contribution in [0.4, 0.5) is 0 Å². The summed E-state index contributed by atoms with van der Waals surface area (Å²) in [5.41, 5.74) is 3.45. The predicted molar refractivity (Wildman–Crippen MR) is 93.1 cm³/mol. The minimum atomic E-state index is -0.311. The molecule has 116 valence electrons. The summed E-state index contributed by atoms with van der Waals surface area (Å²) in [4.78, 5) is 11.4. The van der Waals surface area contributed by atoms with Crippen molar-refractivity contribution in [1.29, 1.82) is 0 Å². The molecule has 0 unspecified atom stereocenters. The summed E-state index contributed by atoms with van der Waals surface area (Å²) < 4.78 is 7.12. The molecular formula is C20H19NO2. The highest BCUT2D eigenvalue weighted by Crippen LogP contribution is 2.20. The van der Waals surface area contributed by atoms with Gasteiger partial charge in [0.15, 0.2) is 0 Å². The Hall–Kier alpha value is -2.81. The van der Waals surface area contributed by atoms with Crippen molar-refractivity contribution in [2.24, 2.45) is 0 Å². The van der Waals surface area contributed by atoms with Gasteiger partial charge in [0.25, 0.3) is 0 Å². The highest BCUT2D eigenvalue weighted by Gasteiger charge is 2.03. The molecule has 1 aromatic heterocycles. The molecule has 0 saturated heterocycles. The quantitative estimate of drug-likeness (QED) is 0.521. The number of hydrogen-bond donors (Lipinski definition) is 0. The standard InChI is InChI=1S/C20H19NO2/c1-2-23-20(22)11-9-16-8-10-19-18(14-16)12-13-21(19)15-17-6-4-3-5-7-17/h3-14H,2,15H2,1H3/b11-9+. The van der Waals surface area contributed by atoms with Crippen LogP contribution >= 0.6 is 0 Å². The van der Waals surface area contributed by atoms with Crippen molar-refractivity contribution in [3.8, 4) is 0 Å². The largest absolute Gasteiger partial charge is 0.463 e. The summed E-state index contributed by atoms with van der Waals surface area (Å²) in [5.74, 6) is -0.311. The molecule has 1 heterocycles. The molecule has 0 atom stereocenters. The van der Waals surface area contributed by atoms with Crippen molar-refractivity contribution in [3.63, 3.8) is 0 Å². The number of ether oxygens (including phenoxy) is 1. The molecule has 0 aliphatic carbocycles. The van der Waals surface area contributed by atoms with Gasteiger partial charge >= 0.3 is 5.97 Å². The van der Waals surface area contributed by atoms with Gasteiger partial charge in [-0.05, 0) is 42.3 Å². The number of aromatic nitrogens is 1. The first-order valence-corrected chi connectivity index (χ1v) is 7.74. The maximum absolute atomic E-state index is 11.4. The lowest BCUT2D eigenvalue weighted by Gasteiger charge is -2.06. The van der Waals surface area contributed by atoms with E-state index in [0.29, 0.717) is 6.61 Å². The second kappa shape index (κ2) is 6.97. The van der Waals surface area contributed by atoms with Gasteiger partial charge in [0.1, 0.15) is 0 Å². The van der Waals surface area contributed by atoms with Gasteiger partial charge in [-0.25, -0.2) is 4.79 Å². The molecule has 0 amide bonds. The summed E-state index contributed by atoms with van der Waals surface area (Å²) in [5, 5.41) is 1.16. The van der Waals surface area contributed by atoms with Gasteiger partial charge in [0.05, 0.1) is 6.61 Å². The second-order valence-corrected chi connectivity index (χ2v) is 5.33. The molecule has 23 heavy (non-hydrogen) atoms. The van der Waals surface area contributed by atoms with E-state index in [1.807, 2.05) is 12.1 Å². The summed E-state index contributed by atoms with van der Waals surface area (Å²) >= 11 is 0. The zero-order valence-corrected chi connectivity index (χ0v) is 13.1. The van der Waals surface area contributed by atoms with Crippen LogP contribution in [0.3, 0.4) is 0 Å². The Morgan fingerprint density at radius 2 is 1.96 bits per heavy atom. The van der Waals surface area contributed by atoms with Crippen molar-refractivity contribution >= 4 is 22.9 Å². The molecule has 0 bridgehead atoms. The average Bonchev–Trinajstić information content (AvgIpc) is 2.96. The van der Waals surface area contributed by atoms with E-state index in [9.17, 15) is 4.79 Å². The Morgan fingerprint density at radius 1 is 1.13 bits per heavy atom. The van der Waals surface area contributed by atoms with Crippen LogP contribution in [0.5, 0.6) is 0 Å². The van der Waals surface area contributed by atoms with Crippen LogP contribution in [0.2, 0.25) is 0 Å². The van der Waals surface area contributed by atoms with E-state index in [0.717, 1.165) is 17.5 Å². The molecule has 0 aliphatic heterocycles. The van der Waals surface area contributed by atoms with E-state index >= 15 is 0 Å². The number of rotatable bonds is 5. The lowest BCUT2D eigenvalue weighted by atomic mass is 10.1. The Bertz CT molecular complexity index is 831. The smallest absolute Gasteiger partial charge is 0.330 e. The van der Waals surface area contributed by atoms with Gasteiger partial charge in [-0.1, -0.05) is 36.4 Å². The van der Waals surface area contributed by atoms with Gasteiger partial charge in [-0.2, -0.15) is 0 Å². The molecule has 0 saturated carbocycles. The van der Waals surface area contributed by atoms with Crippen LogP contribution in [0.15, 0.2) is 66.9 Å². The number of benzene rings is 2. The van der Waals surface area contributed by atoms with Crippen LogP contribution in [0.25, 0.3) is 17.0 Å². The minimum Gasteiger partial charge on any atom is -0.463 e. The molecule has 3 nitrogen and oxygen atoms in total. The Labute approximate surface area is 135 Å². The van der Waals surface area contributed by atoms with Crippen molar-refractivity contribution in [2.75, 3.05) is 6.61 Å². The second-order valence-electron chi connectivity index (χ2n) is 5.33. The van der Waals surface area contributed by atoms with E-state index in [-0.39, 0.29) is 5.97 Å². The predicted octanol–water partition coefficient (Wildman–Crippen LogP) is 4.27. The minimum absolute atomic E-state index is 0.311. The topological polar surface area (TPSA) is 31.2 Å². The number of nitrogens with zero attached hydrogens (tertiary/aromatic N) is 1. The molecule has 3 heteroatoms. The molecule has 0 aliphatic rings. The zero-order valence-electron chi connectivity index (χ0n) is 13.1. The first-order chi connectivity index (χ1) is 11.3. The van der Waals surface area contributed by atoms with Gasteiger partial charge in [-0.3, -0.25) is 0 Å². The lowest BCUT2D eigenvalue weighted by Crippen LogP contribution is -1.98. The zero-order chi connectivity index (χ0) is 16.1. The normalized spacial score (nSPS) is 11.2. The summed E-state index contributed by atoms with van der Waals surface area (Å²) in [7, 11) is 0. The fraction of sp³-hybridized carbons (Fsp3) is 0.150. The number of carbonyl (C=O) groups excluding carboxylic acids is 1. The third kappa shape index (κ3) is 3.69. The van der Waals surface area contributed by atoms with Crippen molar-refractivity contribution < 1.29 is 9.53 Å². The number of carbonyl (C=O) groups is 1. The SMILES string of the molecule is CCOC(=O)/C=C/c1ccc2c(ccn2Cc2ccccc2)c1. The molecular weight excluding hydrogens is 286 g/mol. The molecule has 0 spiro atoms. The molecule has 0 fully saturated rings. The van der Waals surface area contributed by atoms with E-state index in [4.69, 9.17) is 4.74 Å². The van der Waals surface area contributed by atoms with Gasteiger partial charge in [0, 0.05) is 29.7 Å². The van der Waals surface area contributed by atoms with Crippen molar-refractivity contribution in [2.45, 2.75) is 13.5 Å². The van der Waals surface area contributed by atoms with Crippen LogP contribution in [0, 0.1) is 0 Å². The highest BCUT2D eigenvalue weighted by atomic mass is 16.5. The first kappa shape index (κ1) is 15.1. The Balaban J connectivity index is 1.81. The molecule has 3 aromatic rings. The summed E-state index contributed by atoms with van der Waals surface area (Å²) in [6.07, 6.45) is 5.34. The molecule has 0 radical (unpaired) electrons. The summed E-state index contributed by atoms with van der Waals surface area (Å²) in [6, 6.07) is 18.7. The fourth-order valence-electron chi connectivity index (χ4n) is 2.59. The number of fused-ring (bicyclic) bond motifs is 1. The van der Waals surface area contributed by atoms with Gasteiger partial charge in [0.2, 0.25) is 0 Å². The van der Waals surface area contributed by atoms with Gasteiger partial charge in [-0.15, -0.1) is 0 Å². The van der Waals surface area contributed by atoms with Crippen molar-refractivity contribution in [1.82, 2.24) is 4.57 Å². The number of hydrogen-bond acceptors (Lipinski definition) is 2. The van der Waals surface area contributed by atoms with Crippen LogP contribution in [-0.4, -0.2) is 17.1 Å². The molecule has 3 rings (SSSR count). The Morgan fingerprint density at radius 3 is 2.74 bits per heavy atom. The maximum Gasteiger partial charge on any atom is 0.330 e. The Kier molecular flexibility index (Phi) is 4.57. The monoisotopic (exact) mass is 305 g/mol. The third-order valence-electron chi connectivity index (χ3n) is 3.69. The van der Waals surface area contributed by atoms with Gasteiger partial charge < -0.3 is 9.30 Å². The fourth-order valence-corrected chi connectivity index (χ4v) is 2.59. The van der Waals surface area contributed by atoms with Crippen LogP contribution in [0.1, 0.15) is 18.1 Å². The van der Waals surface area contributed by atoms with E-state index < -0.39 is 0 Å². The van der Waals surface area contributed by atoms with Crippen LogP contribution in [-0.2, 0) is 16.1 Å². The van der Waals surface area contributed by atoms with Crippen LogP contribution < -0.4 is 0 Å². The average molecular weight is 305 g/mol. The lowest BCUT2D eigenvalue weighted by molar-refractivity contribution is -0.137. The van der Waals surface area contributed by atoms with Crippen molar-refractivity contribution in [3.05, 3.63) is 78.0 Å². The van der Waals surface area contributed by atoms with E-state index in [1.165, 1.54) is 17.2 Å². The highest BCUT2D eigenvalue weighted by molar-refractivity contribution is 5.89. The molecule has 0 N–H and O–H groups in total. The van der Waals surface area contributed by atoms with E-state index in [1.54, 1.807) is 13.0 Å². The first-order valence-electron chi connectivity index (χ1n) is 7.74.